The minimum Gasteiger partial charge on any atom is -0.338 e. The Balaban J connectivity index is 1.55. The van der Waals surface area contributed by atoms with Crippen molar-refractivity contribution in [2.24, 2.45) is 5.92 Å². The van der Waals surface area contributed by atoms with Crippen LogP contribution in [-0.2, 0) is 24.2 Å². The summed E-state index contributed by atoms with van der Waals surface area (Å²) < 4.78 is 1.60. The maximum absolute atomic E-state index is 12.3. The van der Waals surface area contributed by atoms with Gasteiger partial charge in [0.1, 0.15) is 0 Å². The average molecular weight is 301 g/mol. The van der Waals surface area contributed by atoms with Gasteiger partial charge in [0, 0.05) is 18.5 Å². The van der Waals surface area contributed by atoms with E-state index in [1.54, 1.807) is 10.7 Å². The number of rotatable bonds is 3. The first-order valence-corrected chi connectivity index (χ1v) is 8.63. The highest BCUT2D eigenvalue weighted by Gasteiger charge is 2.38. The molecule has 0 radical (unpaired) electrons. The number of hydrogen-bond acceptors (Lipinski definition) is 3. The van der Waals surface area contributed by atoms with Crippen LogP contribution in [0.3, 0.4) is 0 Å². The molecule has 2 heterocycles. The first-order valence-electron chi connectivity index (χ1n) is 8.63. The lowest BCUT2D eigenvalue weighted by Crippen LogP contribution is -2.41. The number of hydrogen-bond donors (Lipinski definition) is 0. The Hall–Kier alpha value is -1.65. The molecular weight excluding hydrogens is 278 g/mol. The molecule has 1 aliphatic heterocycles. The van der Waals surface area contributed by atoms with Gasteiger partial charge < -0.3 is 4.90 Å². The van der Waals surface area contributed by atoms with Gasteiger partial charge in [0.25, 0.3) is 5.56 Å². The van der Waals surface area contributed by atoms with Crippen molar-refractivity contribution in [3.05, 3.63) is 27.7 Å². The molecule has 22 heavy (non-hydrogen) atoms. The molecule has 5 heteroatoms. The van der Waals surface area contributed by atoms with Crippen molar-refractivity contribution in [1.29, 1.82) is 0 Å². The van der Waals surface area contributed by atoms with E-state index < -0.39 is 0 Å². The van der Waals surface area contributed by atoms with Crippen LogP contribution in [0.25, 0.3) is 0 Å². The second kappa shape index (κ2) is 5.52. The Morgan fingerprint density at radius 2 is 2.00 bits per heavy atom. The lowest BCUT2D eigenvalue weighted by Gasteiger charge is -2.25. The van der Waals surface area contributed by atoms with Gasteiger partial charge in [-0.05, 0) is 56.9 Å². The van der Waals surface area contributed by atoms with Gasteiger partial charge in [-0.25, -0.2) is 4.68 Å². The van der Waals surface area contributed by atoms with Gasteiger partial charge in [-0.2, -0.15) is 5.10 Å². The molecule has 2 fully saturated rings. The van der Waals surface area contributed by atoms with E-state index in [2.05, 4.69) is 5.10 Å². The highest BCUT2D eigenvalue weighted by molar-refractivity contribution is 5.81. The normalized spacial score (nSPS) is 24.4. The van der Waals surface area contributed by atoms with Gasteiger partial charge in [0.05, 0.1) is 18.3 Å². The molecule has 0 N–H and O–H groups in total. The molecular formula is C17H23N3O2. The summed E-state index contributed by atoms with van der Waals surface area (Å²) in [7, 11) is 0. The Morgan fingerprint density at radius 1 is 1.18 bits per heavy atom. The number of amides is 1. The van der Waals surface area contributed by atoms with Crippen molar-refractivity contribution in [2.75, 3.05) is 6.54 Å². The lowest BCUT2D eigenvalue weighted by molar-refractivity contribution is -0.133. The van der Waals surface area contributed by atoms with Crippen LogP contribution in [0.1, 0.15) is 49.8 Å². The number of aryl methyl sites for hydroxylation is 2. The number of aromatic nitrogens is 2. The van der Waals surface area contributed by atoms with Gasteiger partial charge in [0.15, 0.2) is 0 Å². The number of fused-ring (bicyclic) bond motifs is 1. The summed E-state index contributed by atoms with van der Waals surface area (Å²) in [6.45, 7) is 1.41. The third-order valence-corrected chi connectivity index (χ3v) is 5.24. The second-order valence-corrected chi connectivity index (χ2v) is 6.95. The summed E-state index contributed by atoms with van der Waals surface area (Å²) in [5, 5.41) is 4.60. The van der Waals surface area contributed by atoms with E-state index in [1.165, 1.54) is 0 Å². The number of carbonyl (C=O) groups excluding carboxylic acids is 1. The zero-order chi connectivity index (χ0) is 15.1. The standard InChI is InChI=1S/C17H23N3O2/c21-16-10-13-4-1-2-6-15(13)18-20(16)11-14-5-3-9-19(14)17(22)12-7-8-12/h10,12,14H,1-9,11H2. The third kappa shape index (κ3) is 2.57. The summed E-state index contributed by atoms with van der Waals surface area (Å²) in [5.41, 5.74) is 2.21. The highest BCUT2D eigenvalue weighted by Crippen LogP contribution is 2.33. The van der Waals surface area contributed by atoms with Crippen LogP contribution in [0.2, 0.25) is 0 Å². The molecule has 1 unspecified atom stereocenters. The zero-order valence-corrected chi connectivity index (χ0v) is 13.0. The maximum atomic E-state index is 12.3. The van der Waals surface area contributed by atoms with E-state index in [0.717, 1.165) is 69.2 Å². The Labute approximate surface area is 130 Å². The van der Waals surface area contributed by atoms with Crippen molar-refractivity contribution >= 4 is 5.91 Å². The Morgan fingerprint density at radius 3 is 2.82 bits per heavy atom. The van der Waals surface area contributed by atoms with Crippen LogP contribution in [0.4, 0.5) is 0 Å². The van der Waals surface area contributed by atoms with Crippen LogP contribution < -0.4 is 5.56 Å². The molecule has 3 aliphatic rings. The SMILES string of the molecule is O=C(C1CC1)N1CCCC1Cn1nc2c(cc1=O)CCCC2. The van der Waals surface area contributed by atoms with Crippen LogP contribution in [0.5, 0.6) is 0 Å². The van der Waals surface area contributed by atoms with Crippen LogP contribution in [0, 0.1) is 5.92 Å². The minimum atomic E-state index is -0.00799. The third-order valence-electron chi connectivity index (χ3n) is 5.24. The quantitative estimate of drug-likeness (QED) is 0.850. The fraction of sp³-hybridized carbons (Fsp3) is 0.706. The minimum absolute atomic E-state index is 0.00799. The van der Waals surface area contributed by atoms with Crippen LogP contribution in [-0.4, -0.2) is 33.2 Å². The summed E-state index contributed by atoms with van der Waals surface area (Å²) in [6.07, 6.45) is 8.39. The molecule has 118 valence electrons. The van der Waals surface area contributed by atoms with Gasteiger partial charge in [-0.15, -0.1) is 0 Å². The van der Waals surface area contributed by atoms with Gasteiger partial charge in [-0.3, -0.25) is 9.59 Å². The molecule has 0 bridgehead atoms. The summed E-state index contributed by atoms with van der Waals surface area (Å²) >= 11 is 0. The van der Waals surface area contributed by atoms with Crippen molar-refractivity contribution in [3.8, 4) is 0 Å². The van der Waals surface area contributed by atoms with Crippen LogP contribution >= 0.6 is 0 Å². The van der Waals surface area contributed by atoms with Gasteiger partial charge in [-0.1, -0.05) is 0 Å². The van der Waals surface area contributed by atoms with Crippen molar-refractivity contribution < 1.29 is 4.79 Å². The Bertz CT molecular complexity index is 648. The first-order chi connectivity index (χ1) is 10.7. The molecule has 2 aliphatic carbocycles. The monoisotopic (exact) mass is 301 g/mol. The van der Waals surface area contributed by atoms with Crippen molar-refractivity contribution in [3.63, 3.8) is 0 Å². The summed E-state index contributed by atoms with van der Waals surface area (Å²) in [4.78, 5) is 26.6. The van der Waals surface area contributed by atoms with E-state index >= 15 is 0 Å². The van der Waals surface area contributed by atoms with E-state index in [0.29, 0.717) is 12.5 Å². The predicted molar refractivity (Wildman–Crippen MR) is 82.6 cm³/mol. The molecule has 1 saturated heterocycles. The lowest BCUT2D eigenvalue weighted by atomic mass is 9.97. The molecule has 0 aromatic carbocycles. The van der Waals surface area contributed by atoms with Gasteiger partial charge >= 0.3 is 0 Å². The molecule has 1 atom stereocenters. The predicted octanol–water partition coefficient (Wildman–Crippen LogP) is 1.52. The van der Waals surface area contributed by atoms with Crippen molar-refractivity contribution in [1.82, 2.24) is 14.7 Å². The molecule has 4 rings (SSSR count). The second-order valence-electron chi connectivity index (χ2n) is 6.95. The topological polar surface area (TPSA) is 55.2 Å². The van der Waals surface area contributed by atoms with E-state index in [-0.39, 0.29) is 17.5 Å². The van der Waals surface area contributed by atoms with E-state index in [4.69, 9.17) is 0 Å². The van der Waals surface area contributed by atoms with E-state index in [9.17, 15) is 9.59 Å². The highest BCUT2D eigenvalue weighted by atomic mass is 16.2. The molecule has 0 spiro atoms. The fourth-order valence-corrected chi connectivity index (χ4v) is 3.81. The number of nitrogens with zero attached hydrogens (tertiary/aromatic N) is 3. The summed E-state index contributed by atoms with van der Waals surface area (Å²) in [5.74, 6) is 0.558. The maximum Gasteiger partial charge on any atom is 0.267 e. The fourth-order valence-electron chi connectivity index (χ4n) is 3.81. The Kier molecular flexibility index (Phi) is 3.51. The number of carbonyl (C=O) groups is 1. The smallest absolute Gasteiger partial charge is 0.267 e. The molecule has 5 nitrogen and oxygen atoms in total. The molecule has 1 aromatic rings. The van der Waals surface area contributed by atoms with Crippen LogP contribution in [0.15, 0.2) is 10.9 Å². The largest absolute Gasteiger partial charge is 0.338 e. The molecule has 1 aromatic heterocycles. The van der Waals surface area contributed by atoms with E-state index in [1.807, 2.05) is 4.90 Å². The van der Waals surface area contributed by atoms with Gasteiger partial charge in [0.2, 0.25) is 5.91 Å². The number of likely N-dealkylation sites (tertiary alicyclic amines) is 1. The van der Waals surface area contributed by atoms with Crippen molar-refractivity contribution in [2.45, 2.75) is 64.0 Å². The summed E-state index contributed by atoms with van der Waals surface area (Å²) in [6, 6.07) is 1.92. The zero-order valence-electron chi connectivity index (χ0n) is 13.0. The average Bonchev–Trinajstić information content (AvgIpc) is 3.27. The molecule has 1 saturated carbocycles. The first kappa shape index (κ1) is 14.0. The molecule has 1 amide bonds.